The third-order valence-electron chi connectivity index (χ3n) is 6.25. The van der Waals surface area contributed by atoms with Crippen LogP contribution >= 0.6 is 23.2 Å². The molecule has 2 aromatic carbocycles. The molecule has 0 aliphatic carbocycles. The molecule has 1 aromatic heterocycles. The van der Waals surface area contributed by atoms with E-state index in [0.717, 1.165) is 30.2 Å². The molecule has 0 radical (unpaired) electrons. The first kappa shape index (κ1) is 24.9. The zero-order valence-corrected chi connectivity index (χ0v) is 21.2. The molecule has 184 valence electrons. The van der Waals surface area contributed by atoms with Crippen molar-refractivity contribution in [1.29, 1.82) is 0 Å². The fraction of sp³-hybridized carbons (Fsp3) is 0.308. The quantitative estimate of drug-likeness (QED) is 0.163. The molecule has 1 unspecified atom stereocenters. The van der Waals surface area contributed by atoms with E-state index in [1.807, 2.05) is 24.3 Å². The summed E-state index contributed by atoms with van der Waals surface area (Å²) in [7, 11) is 2.79. The molecule has 2 N–H and O–H groups in total. The van der Waals surface area contributed by atoms with Gasteiger partial charge in [-0.25, -0.2) is 0 Å². The first-order chi connectivity index (χ1) is 16.8. The molecule has 2 heterocycles. The zero-order valence-electron chi connectivity index (χ0n) is 19.7. The number of carbonyl (C=O) groups excluding carboxylic acids is 2. The number of amides is 1. The number of H-pyrrole nitrogens is 1. The Kier molecular flexibility index (Phi) is 7.28. The van der Waals surface area contributed by atoms with Crippen LogP contribution in [0.3, 0.4) is 0 Å². The lowest BCUT2D eigenvalue weighted by atomic mass is 9.94. The standard InChI is InChI=1S/C26H26Cl2N2O5/c1-4-5-8-11-30-21(16-13-29-18-10-7-6-9-14(16)18)19(23(32)26(30)33)22(31)15-12-17(27)25(35-3)20(28)24(15)34-2/h6-7,9-10,12-13,21,29,31H,4-5,8,11H2,1-3H3/b22-19+. The highest BCUT2D eigenvalue weighted by Gasteiger charge is 2.47. The van der Waals surface area contributed by atoms with E-state index in [1.165, 1.54) is 25.2 Å². The predicted molar refractivity (Wildman–Crippen MR) is 136 cm³/mol. The fourth-order valence-electron chi connectivity index (χ4n) is 4.58. The van der Waals surface area contributed by atoms with Gasteiger partial charge in [0.05, 0.1) is 36.4 Å². The van der Waals surface area contributed by atoms with Gasteiger partial charge in [-0.15, -0.1) is 0 Å². The second-order valence-corrected chi connectivity index (χ2v) is 9.06. The maximum Gasteiger partial charge on any atom is 0.295 e. The molecule has 4 rings (SSSR count). The van der Waals surface area contributed by atoms with Gasteiger partial charge in [-0.1, -0.05) is 61.2 Å². The van der Waals surface area contributed by atoms with Crippen LogP contribution in [0.1, 0.15) is 43.4 Å². The van der Waals surface area contributed by atoms with E-state index in [9.17, 15) is 14.7 Å². The molecule has 0 spiro atoms. The molecule has 1 saturated heterocycles. The summed E-state index contributed by atoms with van der Waals surface area (Å²) in [6.07, 6.45) is 4.36. The lowest BCUT2D eigenvalue weighted by Crippen LogP contribution is -2.30. The number of carbonyl (C=O) groups is 2. The van der Waals surface area contributed by atoms with Gasteiger partial charge in [0, 0.05) is 29.2 Å². The van der Waals surface area contributed by atoms with E-state index < -0.39 is 23.5 Å². The number of para-hydroxylation sites is 1. The number of Topliss-reactive ketones (excluding diaryl/α,β-unsaturated/α-hetero) is 1. The van der Waals surface area contributed by atoms with E-state index in [1.54, 1.807) is 6.20 Å². The van der Waals surface area contributed by atoms with Gasteiger partial charge < -0.3 is 24.5 Å². The molecule has 0 bridgehead atoms. The van der Waals surface area contributed by atoms with Crippen molar-refractivity contribution < 1.29 is 24.2 Å². The zero-order chi connectivity index (χ0) is 25.3. The van der Waals surface area contributed by atoms with Crippen molar-refractivity contribution in [3.8, 4) is 11.5 Å². The molecule has 1 amide bonds. The Morgan fingerprint density at radius 2 is 1.83 bits per heavy atom. The van der Waals surface area contributed by atoms with Crippen molar-refractivity contribution in [3.05, 3.63) is 63.3 Å². The number of ether oxygens (including phenoxy) is 2. The normalized spacial score (nSPS) is 17.4. The number of rotatable bonds is 8. The van der Waals surface area contributed by atoms with Crippen LogP contribution in [0.5, 0.6) is 11.5 Å². The number of nitrogens with one attached hydrogen (secondary N) is 1. The highest BCUT2D eigenvalue weighted by molar-refractivity contribution is 6.47. The smallest absolute Gasteiger partial charge is 0.295 e. The SMILES string of the molecule is CCCCCN1C(=O)C(=O)/C(=C(/O)c2cc(Cl)c(OC)c(Cl)c2OC)C1c1c[nH]c2ccccc12. The number of ketones is 1. The van der Waals surface area contributed by atoms with Crippen molar-refractivity contribution in [2.24, 2.45) is 0 Å². The average Bonchev–Trinajstić information content (AvgIpc) is 3.38. The minimum atomic E-state index is -0.799. The maximum atomic E-state index is 13.3. The number of aliphatic hydroxyl groups excluding tert-OH is 1. The third kappa shape index (κ3) is 4.23. The number of hydrogen-bond acceptors (Lipinski definition) is 5. The van der Waals surface area contributed by atoms with Crippen LogP contribution in [0.15, 0.2) is 42.1 Å². The Bertz CT molecular complexity index is 1330. The number of fused-ring (bicyclic) bond motifs is 1. The summed E-state index contributed by atoms with van der Waals surface area (Å²) in [5.41, 5.74) is 1.61. The van der Waals surface area contributed by atoms with Crippen molar-refractivity contribution in [3.63, 3.8) is 0 Å². The minimum Gasteiger partial charge on any atom is -0.507 e. The van der Waals surface area contributed by atoms with E-state index in [4.69, 9.17) is 32.7 Å². The molecule has 9 heteroatoms. The van der Waals surface area contributed by atoms with Crippen LogP contribution < -0.4 is 9.47 Å². The Labute approximate surface area is 213 Å². The second kappa shape index (κ2) is 10.2. The Hall–Kier alpha value is -3.16. The molecule has 7 nitrogen and oxygen atoms in total. The molecule has 3 aromatic rings. The summed E-state index contributed by atoms with van der Waals surface area (Å²) >= 11 is 12.8. The highest BCUT2D eigenvalue weighted by atomic mass is 35.5. The van der Waals surface area contributed by atoms with Gasteiger partial charge in [0.25, 0.3) is 11.7 Å². The summed E-state index contributed by atoms with van der Waals surface area (Å²) < 4.78 is 10.7. The van der Waals surface area contributed by atoms with Crippen LogP contribution in [0.4, 0.5) is 0 Å². The largest absolute Gasteiger partial charge is 0.507 e. The topological polar surface area (TPSA) is 91.9 Å². The van der Waals surface area contributed by atoms with E-state index in [0.29, 0.717) is 12.1 Å². The second-order valence-electron chi connectivity index (χ2n) is 8.28. The van der Waals surface area contributed by atoms with Gasteiger partial charge in [0.15, 0.2) is 11.5 Å². The van der Waals surface area contributed by atoms with Crippen molar-refractivity contribution >= 4 is 51.6 Å². The van der Waals surface area contributed by atoms with Crippen LogP contribution in [-0.2, 0) is 9.59 Å². The maximum absolute atomic E-state index is 13.3. The molecular formula is C26H26Cl2N2O5. The van der Waals surface area contributed by atoms with Gasteiger partial charge in [0.2, 0.25) is 0 Å². The number of halogens is 2. The molecule has 35 heavy (non-hydrogen) atoms. The fourth-order valence-corrected chi connectivity index (χ4v) is 5.27. The van der Waals surface area contributed by atoms with Crippen molar-refractivity contribution in [2.45, 2.75) is 32.2 Å². The number of likely N-dealkylation sites (tertiary alicyclic amines) is 1. The van der Waals surface area contributed by atoms with Gasteiger partial charge in [-0.05, 0) is 18.6 Å². The third-order valence-corrected chi connectivity index (χ3v) is 6.88. The van der Waals surface area contributed by atoms with Crippen molar-refractivity contribution in [1.82, 2.24) is 9.88 Å². The number of nitrogens with zero attached hydrogens (tertiary/aromatic N) is 1. The number of aromatic amines is 1. The lowest BCUT2D eigenvalue weighted by molar-refractivity contribution is -0.139. The number of unbranched alkanes of at least 4 members (excludes halogenated alkanes) is 2. The van der Waals surface area contributed by atoms with Crippen LogP contribution in [0.25, 0.3) is 16.7 Å². The molecule has 1 atom stereocenters. The van der Waals surface area contributed by atoms with E-state index in [-0.39, 0.29) is 32.7 Å². The Morgan fingerprint density at radius 3 is 2.51 bits per heavy atom. The number of aliphatic hydroxyl groups is 1. The van der Waals surface area contributed by atoms with Crippen LogP contribution in [0.2, 0.25) is 10.0 Å². The molecule has 1 fully saturated rings. The Morgan fingerprint density at radius 1 is 1.11 bits per heavy atom. The highest BCUT2D eigenvalue weighted by Crippen LogP contribution is 2.48. The number of benzene rings is 2. The Balaban J connectivity index is 1.97. The van der Waals surface area contributed by atoms with Crippen LogP contribution in [-0.4, -0.2) is 47.4 Å². The summed E-state index contributed by atoms with van der Waals surface area (Å²) in [5.74, 6) is -1.60. The summed E-state index contributed by atoms with van der Waals surface area (Å²) in [5, 5.41) is 12.5. The molecule has 1 aliphatic rings. The predicted octanol–water partition coefficient (Wildman–Crippen LogP) is 6.10. The first-order valence-corrected chi connectivity index (χ1v) is 12.1. The number of aromatic nitrogens is 1. The van der Waals surface area contributed by atoms with E-state index in [2.05, 4.69) is 11.9 Å². The minimum absolute atomic E-state index is 0.0462. The monoisotopic (exact) mass is 516 g/mol. The van der Waals surface area contributed by atoms with Crippen LogP contribution in [0, 0.1) is 0 Å². The van der Waals surface area contributed by atoms with Gasteiger partial charge in [0.1, 0.15) is 10.8 Å². The molecule has 1 aliphatic heterocycles. The summed E-state index contributed by atoms with van der Waals surface area (Å²) in [4.78, 5) is 31.3. The lowest BCUT2D eigenvalue weighted by Gasteiger charge is -2.25. The average molecular weight is 517 g/mol. The van der Waals surface area contributed by atoms with Gasteiger partial charge in [-0.2, -0.15) is 0 Å². The summed E-state index contributed by atoms with van der Waals surface area (Å²) in [6.45, 7) is 2.44. The summed E-state index contributed by atoms with van der Waals surface area (Å²) in [6, 6.07) is 8.22. The van der Waals surface area contributed by atoms with Crippen molar-refractivity contribution in [2.75, 3.05) is 20.8 Å². The number of hydrogen-bond donors (Lipinski definition) is 2. The molecular weight excluding hydrogens is 491 g/mol. The number of methoxy groups -OCH3 is 2. The van der Waals surface area contributed by atoms with Gasteiger partial charge >= 0.3 is 0 Å². The molecule has 0 saturated carbocycles. The van der Waals surface area contributed by atoms with Gasteiger partial charge in [-0.3, -0.25) is 9.59 Å². The van der Waals surface area contributed by atoms with E-state index >= 15 is 0 Å². The first-order valence-electron chi connectivity index (χ1n) is 11.3.